The van der Waals surface area contributed by atoms with E-state index in [0.29, 0.717) is 56.0 Å². The molecule has 0 fully saturated rings. The largest absolute Gasteiger partial charge is 0.497 e. The molecule has 0 spiro atoms. The minimum Gasteiger partial charge on any atom is -0.497 e. The van der Waals surface area contributed by atoms with Crippen molar-refractivity contribution in [2.24, 2.45) is 0 Å². The fourth-order valence-electron chi connectivity index (χ4n) is 6.14. The third-order valence-corrected chi connectivity index (χ3v) is 9.16. The van der Waals surface area contributed by atoms with Crippen LogP contribution in [0.25, 0.3) is 22.3 Å². The quantitative estimate of drug-likeness (QED) is 0.0582. The van der Waals surface area contributed by atoms with Crippen molar-refractivity contribution in [3.8, 4) is 79.7 Å². The second-order valence-electron chi connectivity index (χ2n) is 12.6. The number of quaternary nitrogens is 1. The fraction of sp³-hybridized carbons (Fsp3) is 0.182. The van der Waals surface area contributed by atoms with Crippen molar-refractivity contribution in [1.82, 2.24) is 4.48 Å². The van der Waals surface area contributed by atoms with Crippen molar-refractivity contribution in [3.05, 3.63) is 121 Å². The van der Waals surface area contributed by atoms with Crippen LogP contribution in [0.1, 0.15) is 0 Å². The Balaban J connectivity index is 1.39. The third-order valence-electron chi connectivity index (χ3n) is 9.16. The summed E-state index contributed by atoms with van der Waals surface area (Å²) < 4.78 is 40.2. The predicted octanol–water partition coefficient (Wildman–Crippen LogP) is 10.1. The molecule has 278 valence electrons. The summed E-state index contributed by atoms with van der Waals surface area (Å²) in [4.78, 5) is 12.1. The van der Waals surface area contributed by atoms with Crippen LogP contribution in [0.2, 0.25) is 0 Å². The van der Waals surface area contributed by atoms with Crippen LogP contribution in [0, 0.1) is 0 Å². The maximum absolute atomic E-state index is 6.37. The minimum absolute atomic E-state index is 0.414. The lowest BCUT2D eigenvalue weighted by Gasteiger charge is -2.31. The van der Waals surface area contributed by atoms with Crippen LogP contribution in [0.4, 0.5) is 11.4 Å². The van der Waals surface area contributed by atoms with E-state index in [0.717, 1.165) is 39.6 Å². The van der Waals surface area contributed by atoms with Gasteiger partial charge in [0.1, 0.15) is 57.4 Å². The van der Waals surface area contributed by atoms with Crippen LogP contribution in [0.3, 0.4) is 0 Å². The number of hydrogen-bond acceptors (Lipinski definition) is 9. The fourth-order valence-corrected chi connectivity index (χ4v) is 6.14. The van der Waals surface area contributed by atoms with E-state index in [-0.39, 0.29) is 0 Å². The number of rotatable bonds is 15. The smallest absolute Gasteiger partial charge is 0.179 e. The van der Waals surface area contributed by atoms with Gasteiger partial charge in [-0.05, 0) is 97.1 Å². The first-order chi connectivity index (χ1) is 26.2. The van der Waals surface area contributed by atoms with Gasteiger partial charge in [-0.15, -0.1) is 0 Å². The van der Waals surface area contributed by atoms with Gasteiger partial charge in [0.2, 0.25) is 0 Å². The maximum atomic E-state index is 6.37. The molecule has 0 heterocycles. The highest BCUT2D eigenvalue weighted by molar-refractivity contribution is 5.85. The lowest BCUT2D eigenvalue weighted by atomic mass is 9.99. The van der Waals surface area contributed by atoms with Gasteiger partial charge >= 0.3 is 0 Å². The molecule has 0 aliphatic rings. The maximum Gasteiger partial charge on any atom is 0.179 e. The van der Waals surface area contributed by atoms with E-state index >= 15 is 0 Å². The van der Waals surface area contributed by atoms with Gasteiger partial charge in [0.15, 0.2) is 11.5 Å². The van der Waals surface area contributed by atoms with Crippen molar-refractivity contribution < 1.29 is 42.9 Å². The standard InChI is InChI=1S/C44H44NO9/c1-45(2,29-9-11-30(46-3)12-10-29)41-22-18-35(26-38(41)37-21-17-34(49-6)28-44(37)51-8)53-54-36-20-24-43(52-32-15-13-31(47-4)14-16-32)40(27-36)39-25-33(48-5)19-23-42(39)50-7/h9-28H,1-8H3/q+1. The predicted molar refractivity (Wildman–Crippen MR) is 211 cm³/mol. The molecule has 10 nitrogen and oxygen atoms in total. The Morgan fingerprint density at radius 3 is 1.39 bits per heavy atom. The van der Waals surface area contributed by atoms with Gasteiger partial charge in [-0.3, -0.25) is 14.3 Å². The molecule has 0 aliphatic heterocycles. The molecular weight excluding hydrogens is 686 g/mol. The van der Waals surface area contributed by atoms with Crippen molar-refractivity contribution in [2.45, 2.75) is 0 Å². The highest BCUT2D eigenvalue weighted by Crippen LogP contribution is 2.46. The molecule has 6 rings (SSSR count). The third kappa shape index (κ3) is 7.94. The average Bonchev–Trinajstić information content (AvgIpc) is 3.22. The first-order valence-electron chi connectivity index (χ1n) is 17.1. The zero-order chi connectivity index (χ0) is 38.2. The number of methoxy groups -OCH3 is 6. The van der Waals surface area contributed by atoms with E-state index in [1.165, 1.54) is 0 Å². The average molecular weight is 731 g/mol. The van der Waals surface area contributed by atoms with Crippen molar-refractivity contribution in [1.29, 1.82) is 0 Å². The number of hydrogen-bond donors (Lipinski definition) is 0. The zero-order valence-electron chi connectivity index (χ0n) is 31.7. The van der Waals surface area contributed by atoms with Crippen molar-refractivity contribution in [3.63, 3.8) is 0 Å². The summed E-state index contributed by atoms with van der Waals surface area (Å²) in [5, 5.41) is 0. The number of nitrogens with zero attached hydrogens (tertiary/aromatic N) is 1. The number of ether oxygens (including phenoxy) is 7. The van der Waals surface area contributed by atoms with E-state index in [4.69, 9.17) is 42.9 Å². The topological polar surface area (TPSA) is 83.1 Å². The monoisotopic (exact) mass is 730 g/mol. The molecule has 6 aromatic rings. The molecule has 0 radical (unpaired) electrons. The lowest BCUT2D eigenvalue weighted by Crippen LogP contribution is -2.34. The second-order valence-corrected chi connectivity index (χ2v) is 12.6. The Labute approximate surface area is 316 Å². The molecule has 10 heteroatoms. The minimum atomic E-state index is 0.414. The summed E-state index contributed by atoms with van der Waals surface area (Å²) in [5.41, 5.74) is 5.20. The van der Waals surface area contributed by atoms with E-state index in [1.54, 1.807) is 48.7 Å². The summed E-state index contributed by atoms with van der Waals surface area (Å²) >= 11 is 0. The highest BCUT2D eigenvalue weighted by atomic mass is 17.2. The SMILES string of the molecule is COc1ccc(Oc2ccc(OOc3ccc([N+](C)(C)c4ccc(OC)cc4)c(-c4ccc(OC)cc4OC)c3)cc2-c2cc(OC)ccc2OC)cc1. The van der Waals surface area contributed by atoms with E-state index in [1.807, 2.05) is 103 Å². The highest BCUT2D eigenvalue weighted by Gasteiger charge is 2.29. The van der Waals surface area contributed by atoms with E-state index < -0.39 is 0 Å². The van der Waals surface area contributed by atoms with Gasteiger partial charge in [-0.25, -0.2) is 0 Å². The lowest BCUT2D eigenvalue weighted by molar-refractivity contribution is -0.0998. The summed E-state index contributed by atoms with van der Waals surface area (Å²) in [6.45, 7) is 0. The van der Waals surface area contributed by atoms with E-state index in [9.17, 15) is 0 Å². The molecule has 0 saturated carbocycles. The first kappa shape index (κ1) is 37.2. The Morgan fingerprint density at radius 2 is 0.778 bits per heavy atom. The molecule has 0 bridgehead atoms. The Bertz CT molecular complexity index is 2200. The van der Waals surface area contributed by atoms with Gasteiger partial charge in [-0.1, -0.05) is 0 Å². The summed E-state index contributed by atoms with van der Waals surface area (Å²) in [6.07, 6.45) is 0. The van der Waals surface area contributed by atoms with Gasteiger partial charge < -0.3 is 33.2 Å². The molecule has 0 amide bonds. The molecule has 6 aromatic carbocycles. The van der Waals surface area contributed by atoms with Gasteiger partial charge in [-0.2, -0.15) is 0 Å². The van der Waals surface area contributed by atoms with Crippen LogP contribution in [0.15, 0.2) is 121 Å². The molecule has 0 aliphatic carbocycles. The molecule has 0 aromatic heterocycles. The molecule has 0 N–H and O–H groups in total. The second kappa shape index (κ2) is 16.4. The molecule has 54 heavy (non-hydrogen) atoms. The van der Waals surface area contributed by atoms with Crippen LogP contribution in [-0.4, -0.2) is 56.8 Å². The summed E-state index contributed by atoms with van der Waals surface area (Å²) in [5.74, 6) is 6.21. The van der Waals surface area contributed by atoms with Crippen molar-refractivity contribution in [2.75, 3.05) is 56.8 Å². The van der Waals surface area contributed by atoms with Gasteiger partial charge in [0, 0.05) is 41.0 Å². The van der Waals surface area contributed by atoms with Crippen LogP contribution < -0.4 is 47.4 Å². The first-order valence-corrected chi connectivity index (χ1v) is 17.1. The van der Waals surface area contributed by atoms with Crippen molar-refractivity contribution >= 4 is 11.4 Å². The summed E-state index contributed by atoms with van der Waals surface area (Å²) in [6, 6.07) is 38.0. The Hall–Kier alpha value is -6.52. The molecule has 0 atom stereocenters. The molecule has 0 unspecified atom stereocenters. The van der Waals surface area contributed by atoms with Crippen LogP contribution in [0.5, 0.6) is 57.5 Å². The Kier molecular flexibility index (Phi) is 11.3. The molecule has 0 saturated heterocycles. The van der Waals surface area contributed by atoms with Gasteiger partial charge in [0.25, 0.3) is 0 Å². The van der Waals surface area contributed by atoms with E-state index in [2.05, 4.69) is 26.2 Å². The summed E-state index contributed by atoms with van der Waals surface area (Å²) in [7, 11) is 14.0. The van der Waals surface area contributed by atoms with Gasteiger partial charge in [0.05, 0.1) is 62.3 Å². The number of benzene rings is 6. The van der Waals surface area contributed by atoms with Crippen LogP contribution >= 0.6 is 0 Å². The van der Waals surface area contributed by atoms with Crippen LogP contribution in [-0.2, 0) is 0 Å². The zero-order valence-corrected chi connectivity index (χ0v) is 31.7. The Morgan fingerprint density at radius 1 is 0.333 bits per heavy atom. The molecular formula is C44H44NO9+. The normalized spacial score (nSPS) is 11.0.